The van der Waals surface area contributed by atoms with E-state index in [2.05, 4.69) is 5.32 Å². The molecule has 5 heteroatoms. The summed E-state index contributed by atoms with van der Waals surface area (Å²) in [7, 11) is 0. The van der Waals surface area contributed by atoms with Crippen LogP contribution in [0, 0.1) is 5.41 Å². The number of carbonyl (C=O) groups excluding carboxylic acids is 1. The van der Waals surface area contributed by atoms with Gasteiger partial charge in [-0.3, -0.25) is 0 Å². The van der Waals surface area contributed by atoms with Gasteiger partial charge in [0, 0.05) is 31.7 Å². The molecule has 0 radical (unpaired) electrons. The lowest BCUT2D eigenvalue weighted by atomic mass is 9.95. The quantitative estimate of drug-likeness (QED) is 0.700. The van der Waals surface area contributed by atoms with Gasteiger partial charge >= 0.3 is 6.03 Å². The maximum atomic E-state index is 11.6. The van der Waals surface area contributed by atoms with E-state index in [0.29, 0.717) is 32.8 Å². The molecular weight excluding hydrogens is 196 g/mol. The molecule has 0 spiro atoms. The van der Waals surface area contributed by atoms with Gasteiger partial charge in [0.2, 0.25) is 0 Å². The molecule has 15 heavy (non-hydrogen) atoms. The zero-order valence-electron chi connectivity index (χ0n) is 9.45. The second-order valence-corrected chi connectivity index (χ2v) is 4.58. The number of amides is 2. The number of hydrogen-bond acceptors (Lipinski definition) is 3. The van der Waals surface area contributed by atoms with Crippen LogP contribution in [0.25, 0.3) is 0 Å². The van der Waals surface area contributed by atoms with Gasteiger partial charge in [0.25, 0.3) is 0 Å². The molecule has 1 fully saturated rings. The summed E-state index contributed by atoms with van der Waals surface area (Å²) in [5.41, 5.74) is -0.262. The molecule has 2 amide bonds. The Balaban J connectivity index is 2.28. The Labute approximate surface area is 90.4 Å². The van der Waals surface area contributed by atoms with Crippen molar-refractivity contribution in [1.82, 2.24) is 10.2 Å². The SMILES string of the molecule is CC(C)(CO)CNC(=O)N1CCOCC1. The first-order chi connectivity index (χ1) is 7.05. The molecule has 2 N–H and O–H groups in total. The minimum atomic E-state index is -0.262. The van der Waals surface area contributed by atoms with Crippen molar-refractivity contribution in [2.45, 2.75) is 13.8 Å². The molecule has 0 aliphatic carbocycles. The number of morpholine rings is 1. The highest BCUT2D eigenvalue weighted by molar-refractivity contribution is 5.74. The number of urea groups is 1. The standard InChI is InChI=1S/C10H20N2O3/c1-10(2,8-13)7-11-9(14)12-3-5-15-6-4-12/h13H,3-8H2,1-2H3,(H,11,14). The molecule has 1 saturated heterocycles. The lowest BCUT2D eigenvalue weighted by molar-refractivity contribution is 0.0519. The molecule has 0 atom stereocenters. The molecular formula is C10H20N2O3. The van der Waals surface area contributed by atoms with Crippen molar-refractivity contribution < 1.29 is 14.6 Å². The Morgan fingerprint density at radius 3 is 2.60 bits per heavy atom. The van der Waals surface area contributed by atoms with Crippen LogP contribution >= 0.6 is 0 Å². The molecule has 1 aliphatic heterocycles. The maximum Gasteiger partial charge on any atom is 0.317 e. The zero-order chi connectivity index (χ0) is 11.3. The van der Waals surface area contributed by atoms with Crippen molar-refractivity contribution in [3.63, 3.8) is 0 Å². The first kappa shape index (κ1) is 12.3. The van der Waals surface area contributed by atoms with E-state index in [4.69, 9.17) is 9.84 Å². The Hall–Kier alpha value is -0.810. The number of ether oxygens (including phenoxy) is 1. The highest BCUT2D eigenvalue weighted by atomic mass is 16.5. The maximum absolute atomic E-state index is 11.6. The number of carbonyl (C=O) groups is 1. The monoisotopic (exact) mass is 216 g/mol. The van der Waals surface area contributed by atoms with Crippen LogP contribution in [-0.4, -0.2) is 55.5 Å². The van der Waals surface area contributed by atoms with Gasteiger partial charge in [-0.1, -0.05) is 13.8 Å². The van der Waals surface area contributed by atoms with Crippen molar-refractivity contribution in [1.29, 1.82) is 0 Å². The average molecular weight is 216 g/mol. The minimum absolute atomic E-state index is 0.0659. The Morgan fingerprint density at radius 2 is 2.07 bits per heavy atom. The molecule has 0 aromatic rings. The smallest absolute Gasteiger partial charge is 0.317 e. The normalized spacial score (nSPS) is 17.7. The lowest BCUT2D eigenvalue weighted by Gasteiger charge is -2.29. The summed E-state index contributed by atoms with van der Waals surface area (Å²) in [6, 6.07) is -0.0696. The van der Waals surface area contributed by atoms with Gasteiger partial charge in [-0.15, -0.1) is 0 Å². The van der Waals surface area contributed by atoms with E-state index >= 15 is 0 Å². The topological polar surface area (TPSA) is 61.8 Å². The third-order valence-corrected chi connectivity index (χ3v) is 2.44. The van der Waals surface area contributed by atoms with Crippen molar-refractivity contribution in [3.05, 3.63) is 0 Å². The fourth-order valence-electron chi connectivity index (χ4n) is 1.25. The van der Waals surface area contributed by atoms with Crippen molar-refractivity contribution >= 4 is 6.03 Å². The summed E-state index contributed by atoms with van der Waals surface area (Å²) in [5, 5.41) is 11.8. The van der Waals surface area contributed by atoms with Gasteiger partial charge in [-0.05, 0) is 0 Å². The molecule has 1 heterocycles. The fraction of sp³-hybridized carbons (Fsp3) is 0.900. The Bertz CT molecular complexity index is 213. The predicted molar refractivity (Wildman–Crippen MR) is 56.7 cm³/mol. The van der Waals surface area contributed by atoms with Gasteiger partial charge in [-0.2, -0.15) is 0 Å². The molecule has 0 unspecified atom stereocenters. The van der Waals surface area contributed by atoms with Crippen molar-refractivity contribution in [2.75, 3.05) is 39.5 Å². The van der Waals surface area contributed by atoms with Gasteiger partial charge in [0.15, 0.2) is 0 Å². The summed E-state index contributed by atoms with van der Waals surface area (Å²) in [6.45, 7) is 6.87. The van der Waals surface area contributed by atoms with E-state index in [1.807, 2.05) is 13.8 Å². The number of hydrogen-bond donors (Lipinski definition) is 2. The van der Waals surface area contributed by atoms with Crippen LogP contribution in [0.5, 0.6) is 0 Å². The fourth-order valence-corrected chi connectivity index (χ4v) is 1.25. The summed E-state index contributed by atoms with van der Waals surface area (Å²) in [5.74, 6) is 0. The van der Waals surface area contributed by atoms with Crippen LogP contribution in [0.15, 0.2) is 0 Å². The van der Waals surface area contributed by atoms with Gasteiger partial charge < -0.3 is 20.1 Å². The van der Waals surface area contributed by atoms with Gasteiger partial charge in [0.1, 0.15) is 0 Å². The molecule has 0 aromatic carbocycles. The largest absolute Gasteiger partial charge is 0.396 e. The van der Waals surface area contributed by atoms with E-state index in [0.717, 1.165) is 0 Å². The average Bonchev–Trinajstić information content (AvgIpc) is 2.27. The highest BCUT2D eigenvalue weighted by Gasteiger charge is 2.21. The van der Waals surface area contributed by atoms with E-state index in [1.54, 1.807) is 4.90 Å². The van der Waals surface area contributed by atoms with Crippen molar-refractivity contribution in [2.24, 2.45) is 5.41 Å². The van der Waals surface area contributed by atoms with Gasteiger partial charge in [-0.25, -0.2) is 4.79 Å². The van der Waals surface area contributed by atoms with Gasteiger partial charge in [0.05, 0.1) is 13.2 Å². The van der Waals surface area contributed by atoms with Crippen LogP contribution in [0.4, 0.5) is 4.79 Å². The molecule has 88 valence electrons. The first-order valence-electron chi connectivity index (χ1n) is 5.26. The van der Waals surface area contributed by atoms with Crippen molar-refractivity contribution in [3.8, 4) is 0 Å². The summed E-state index contributed by atoms with van der Waals surface area (Å²) in [6.07, 6.45) is 0. The van der Waals surface area contributed by atoms with E-state index in [1.165, 1.54) is 0 Å². The van der Waals surface area contributed by atoms with Crippen LogP contribution in [0.1, 0.15) is 13.8 Å². The molecule has 0 saturated carbocycles. The summed E-state index contributed by atoms with van der Waals surface area (Å²) < 4.78 is 5.15. The molecule has 1 aliphatic rings. The molecule has 1 rings (SSSR count). The third kappa shape index (κ3) is 4.05. The molecule has 5 nitrogen and oxygen atoms in total. The number of rotatable bonds is 3. The van der Waals surface area contributed by atoms with E-state index in [9.17, 15) is 4.79 Å². The first-order valence-corrected chi connectivity index (χ1v) is 5.26. The van der Waals surface area contributed by atoms with E-state index in [-0.39, 0.29) is 18.1 Å². The molecule has 0 aromatic heterocycles. The van der Waals surface area contributed by atoms with Crippen LogP contribution < -0.4 is 5.32 Å². The summed E-state index contributed by atoms with van der Waals surface area (Å²) in [4.78, 5) is 13.4. The Morgan fingerprint density at radius 1 is 1.47 bits per heavy atom. The predicted octanol–water partition coefficient (Wildman–Crippen LogP) is 0.0467. The second kappa shape index (κ2) is 5.32. The molecule has 0 bridgehead atoms. The highest BCUT2D eigenvalue weighted by Crippen LogP contribution is 2.11. The van der Waals surface area contributed by atoms with Crippen LogP contribution in [-0.2, 0) is 4.74 Å². The van der Waals surface area contributed by atoms with Crippen LogP contribution in [0.3, 0.4) is 0 Å². The summed E-state index contributed by atoms with van der Waals surface area (Å²) >= 11 is 0. The Kier molecular flexibility index (Phi) is 4.35. The van der Waals surface area contributed by atoms with Crippen LogP contribution in [0.2, 0.25) is 0 Å². The second-order valence-electron chi connectivity index (χ2n) is 4.58. The lowest BCUT2D eigenvalue weighted by Crippen LogP contribution is -2.48. The van der Waals surface area contributed by atoms with E-state index < -0.39 is 0 Å². The number of aliphatic hydroxyl groups is 1. The number of nitrogens with zero attached hydrogens (tertiary/aromatic N) is 1. The number of aliphatic hydroxyl groups excluding tert-OH is 1. The minimum Gasteiger partial charge on any atom is -0.396 e. The number of nitrogens with one attached hydrogen (secondary N) is 1. The third-order valence-electron chi connectivity index (χ3n) is 2.44. The zero-order valence-corrected chi connectivity index (χ0v) is 9.45.